The van der Waals surface area contributed by atoms with E-state index in [0.717, 1.165) is 50.4 Å². The van der Waals surface area contributed by atoms with Crippen molar-refractivity contribution in [1.82, 2.24) is 15.1 Å². The third-order valence-corrected chi connectivity index (χ3v) is 7.21. The van der Waals surface area contributed by atoms with E-state index in [0.29, 0.717) is 21.8 Å². The Kier molecular flexibility index (Phi) is 3.99. The average Bonchev–Trinajstić information content (AvgIpc) is 2.78. The largest absolute Gasteiger partial charge is 0.356 e. The molecule has 4 aliphatic rings. The Morgan fingerprint density at radius 1 is 1.28 bits per heavy atom. The maximum Gasteiger partial charge on any atom is 0.226 e. The molecule has 1 amide bonds. The molecule has 4 saturated carbocycles. The lowest BCUT2D eigenvalue weighted by Crippen LogP contribution is -2.59. The van der Waals surface area contributed by atoms with Gasteiger partial charge in [-0.3, -0.25) is 9.48 Å². The van der Waals surface area contributed by atoms with Crippen LogP contribution in [0.5, 0.6) is 0 Å². The third kappa shape index (κ3) is 3.11. The summed E-state index contributed by atoms with van der Waals surface area (Å²) in [5.41, 5.74) is 1.53. The van der Waals surface area contributed by atoms with Gasteiger partial charge in [-0.2, -0.15) is 5.10 Å². The molecule has 1 aromatic heterocycles. The molecule has 0 aliphatic heterocycles. The molecular weight excluding hydrogens is 334 g/mol. The molecule has 4 fully saturated rings. The van der Waals surface area contributed by atoms with Gasteiger partial charge in [-0.15, -0.1) is 0 Å². The van der Waals surface area contributed by atoms with Gasteiger partial charge >= 0.3 is 0 Å². The number of aryl methyl sites for hydroxylation is 2. The van der Waals surface area contributed by atoms with Crippen molar-refractivity contribution >= 4 is 17.5 Å². The lowest BCUT2D eigenvalue weighted by Gasteiger charge is -2.64. The van der Waals surface area contributed by atoms with Crippen LogP contribution >= 0.6 is 11.6 Å². The van der Waals surface area contributed by atoms with Gasteiger partial charge in [0.2, 0.25) is 5.91 Å². The number of aromatic nitrogens is 2. The van der Waals surface area contributed by atoms with Crippen molar-refractivity contribution in [2.24, 2.45) is 22.2 Å². The lowest BCUT2D eigenvalue weighted by molar-refractivity contribution is -0.170. The number of nitrogens with zero attached hydrogens (tertiary/aromatic N) is 2. The lowest BCUT2D eigenvalue weighted by atomic mass is 9.40. The molecule has 1 heterocycles. The summed E-state index contributed by atoms with van der Waals surface area (Å²) in [7, 11) is 0. The van der Waals surface area contributed by atoms with Gasteiger partial charge in [0.1, 0.15) is 0 Å². The van der Waals surface area contributed by atoms with E-state index in [1.165, 1.54) is 19.3 Å². The van der Waals surface area contributed by atoms with E-state index >= 15 is 0 Å². The van der Waals surface area contributed by atoms with Crippen LogP contribution < -0.4 is 5.32 Å². The van der Waals surface area contributed by atoms with Crippen LogP contribution in [-0.4, -0.2) is 22.2 Å². The summed E-state index contributed by atoms with van der Waals surface area (Å²) < 4.78 is 1.87. The smallest absolute Gasteiger partial charge is 0.226 e. The molecule has 1 N–H and O–H groups in total. The Balaban J connectivity index is 1.35. The van der Waals surface area contributed by atoms with Crippen LogP contribution in [0.1, 0.15) is 64.5 Å². The van der Waals surface area contributed by atoms with Crippen LogP contribution in [0.25, 0.3) is 0 Å². The molecule has 0 radical (unpaired) electrons. The van der Waals surface area contributed by atoms with Crippen molar-refractivity contribution in [2.45, 2.75) is 72.3 Å². The minimum atomic E-state index is -0.103. The average molecular weight is 364 g/mol. The first-order valence-electron chi connectivity index (χ1n) is 9.69. The minimum absolute atomic E-state index is 0.103. The second-order valence-corrected chi connectivity index (χ2v) is 10.3. The maximum absolute atomic E-state index is 13.1. The van der Waals surface area contributed by atoms with Gasteiger partial charge in [0.25, 0.3) is 0 Å². The molecule has 5 rings (SSSR count). The summed E-state index contributed by atoms with van der Waals surface area (Å²) in [6.07, 6.45) is 10.0. The number of rotatable bonds is 5. The molecular formula is C20H30ClN3O. The van der Waals surface area contributed by atoms with E-state index in [1.807, 2.05) is 17.8 Å². The zero-order valence-corrected chi connectivity index (χ0v) is 16.5. The van der Waals surface area contributed by atoms with Crippen LogP contribution in [0.3, 0.4) is 0 Å². The number of nitrogens with one attached hydrogen (secondary N) is 1. The number of carbonyl (C=O) groups is 1. The number of hydrogen-bond acceptors (Lipinski definition) is 2. The molecule has 25 heavy (non-hydrogen) atoms. The molecule has 0 spiro atoms. The van der Waals surface area contributed by atoms with Crippen LogP contribution in [-0.2, 0) is 11.3 Å². The summed E-state index contributed by atoms with van der Waals surface area (Å²) in [4.78, 5) is 13.1. The molecule has 0 unspecified atom stereocenters. The number of halogens is 1. The topological polar surface area (TPSA) is 46.9 Å². The molecule has 5 heteroatoms. The Morgan fingerprint density at radius 3 is 2.52 bits per heavy atom. The normalized spacial score (nSPS) is 39.0. The number of hydrogen-bond donors (Lipinski definition) is 1. The van der Waals surface area contributed by atoms with Crippen molar-refractivity contribution < 1.29 is 4.79 Å². The van der Waals surface area contributed by atoms with Crippen molar-refractivity contribution in [1.29, 1.82) is 0 Å². The zero-order chi connectivity index (χ0) is 17.9. The Bertz CT molecular complexity index is 660. The highest BCUT2D eigenvalue weighted by atomic mass is 35.5. The molecule has 138 valence electrons. The molecule has 0 aromatic carbocycles. The summed E-state index contributed by atoms with van der Waals surface area (Å²) >= 11 is 6.04. The second-order valence-electron chi connectivity index (χ2n) is 9.85. The number of amides is 1. The van der Waals surface area contributed by atoms with Crippen LogP contribution in [0, 0.1) is 29.1 Å². The van der Waals surface area contributed by atoms with Gasteiger partial charge in [0, 0.05) is 19.3 Å². The van der Waals surface area contributed by atoms with E-state index in [2.05, 4.69) is 24.3 Å². The first kappa shape index (κ1) is 17.4. The highest BCUT2D eigenvalue weighted by molar-refractivity contribution is 6.31. The van der Waals surface area contributed by atoms with Gasteiger partial charge < -0.3 is 5.32 Å². The SMILES string of the molecule is Cc1nn(CCCNC(=O)C23CC4C[C@@](C)(C2)C[C@@](C)(C4)C3)cc1Cl. The number of carbonyl (C=O) groups excluding carboxylic acids is 1. The monoisotopic (exact) mass is 363 g/mol. The van der Waals surface area contributed by atoms with Gasteiger partial charge in [0.15, 0.2) is 0 Å². The Labute approximate surface area is 155 Å². The first-order chi connectivity index (χ1) is 11.7. The Morgan fingerprint density at radius 2 is 1.96 bits per heavy atom. The standard InChI is InChI=1S/C20H30ClN3O/c1-14-16(21)10-24(23-14)6-4-5-22-17(25)20-9-15-7-18(2,12-20)11-19(3,8-15)13-20/h10,15H,4-9,11-13H2,1-3H3,(H,22,25)/t15?,18-,19-,20?/m1/s1. The predicted molar refractivity (Wildman–Crippen MR) is 99.4 cm³/mol. The maximum atomic E-state index is 13.1. The summed E-state index contributed by atoms with van der Waals surface area (Å²) in [6, 6.07) is 0. The van der Waals surface area contributed by atoms with E-state index in [1.54, 1.807) is 0 Å². The highest BCUT2D eigenvalue weighted by Gasteiger charge is 2.62. The van der Waals surface area contributed by atoms with Crippen LogP contribution in [0.4, 0.5) is 0 Å². The third-order valence-electron chi connectivity index (χ3n) is 6.84. The zero-order valence-electron chi connectivity index (χ0n) is 15.7. The van der Waals surface area contributed by atoms with Crippen molar-refractivity contribution in [3.05, 3.63) is 16.9 Å². The van der Waals surface area contributed by atoms with Gasteiger partial charge in [-0.1, -0.05) is 25.4 Å². The molecule has 1 aromatic rings. The van der Waals surface area contributed by atoms with Crippen molar-refractivity contribution in [2.75, 3.05) is 6.54 Å². The van der Waals surface area contributed by atoms with Crippen molar-refractivity contribution in [3.8, 4) is 0 Å². The summed E-state index contributed by atoms with van der Waals surface area (Å²) in [6.45, 7) is 8.26. The highest BCUT2D eigenvalue weighted by Crippen LogP contribution is 2.69. The molecule has 2 atom stereocenters. The van der Waals surface area contributed by atoms with Crippen LogP contribution in [0.2, 0.25) is 5.02 Å². The Hall–Kier alpha value is -1.03. The fraction of sp³-hybridized carbons (Fsp3) is 0.800. The van der Waals surface area contributed by atoms with Crippen molar-refractivity contribution in [3.63, 3.8) is 0 Å². The minimum Gasteiger partial charge on any atom is -0.356 e. The van der Waals surface area contributed by atoms with Gasteiger partial charge in [-0.25, -0.2) is 0 Å². The van der Waals surface area contributed by atoms with E-state index < -0.39 is 0 Å². The van der Waals surface area contributed by atoms with Gasteiger partial charge in [-0.05, 0) is 68.6 Å². The second kappa shape index (κ2) is 5.73. The quantitative estimate of drug-likeness (QED) is 0.790. The molecule has 4 aliphatic carbocycles. The van der Waals surface area contributed by atoms with E-state index in [4.69, 9.17) is 11.6 Å². The fourth-order valence-electron chi connectivity index (χ4n) is 6.94. The summed E-state index contributed by atoms with van der Waals surface area (Å²) in [5.74, 6) is 1.06. The first-order valence-corrected chi connectivity index (χ1v) is 10.1. The summed E-state index contributed by atoms with van der Waals surface area (Å²) in [5, 5.41) is 8.33. The van der Waals surface area contributed by atoms with E-state index in [-0.39, 0.29) is 5.41 Å². The van der Waals surface area contributed by atoms with Crippen LogP contribution in [0.15, 0.2) is 6.20 Å². The molecule has 4 bridgehead atoms. The van der Waals surface area contributed by atoms with Gasteiger partial charge in [0.05, 0.1) is 16.1 Å². The van der Waals surface area contributed by atoms with E-state index in [9.17, 15) is 4.79 Å². The molecule has 0 saturated heterocycles. The fourth-order valence-corrected chi connectivity index (χ4v) is 7.09. The molecule has 4 nitrogen and oxygen atoms in total. The predicted octanol–water partition coefficient (Wildman–Crippen LogP) is 4.35.